The van der Waals surface area contributed by atoms with Gasteiger partial charge in [-0.05, 0) is 61.6 Å². The van der Waals surface area contributed by atoms with Gasteiger partial charge in [0.05, 0.1) is 6.54 Å². The third-order valence-corrected chi connectivity index (χ3v) is 5.29. The van der Waals surface area contributed by atoms with E-state index < -0.39 is 0 Å². The maximum absolute atomic E-state index is 12.2. The van der Waals surface area contributed by atoms with Gasteiger partial charge in [-0.3, -0.25) is 4.79 Å². The van der Waals surface area contributed by atoms with E-state index in [4.69, 9.17) is 4.99 Å². The zero-order valence-electron chi connectivity index (χ0n) is 18.9. The van der Waals surface area contributed by atoms with Crippen molar-refractivity contribution in [2.24, 2.45) is 4.99 Å². The van der Waals surface area contributed by atoms with E-state index in [0.717, 1.165) is 61.1 Å². The maximum Gasteiger partial charge on any atom is 0.253 e. The number of hydrogen-bond donors (Lipinski definition) is 2. The topological polar surface area (TPSA) is 72.9 Å². The molecule has 1 aromatic carbocycles. The van der Waals surface area contributed by atoms with Crippen LogP contribution in [0.3, 0.4) is 0 Å². The highest BCUT2D eigenvalue weighted by Gasteiger charge is 2.13. The van der Waals surface area contributed by atoms with Crippen LogP contribution in [0.1, 0.15) is 41.3 Å². The largest absolute Gasteiger partial charge is 0.357 e. The van der Waals surface area contributed by atoms with Crippen LogP contribution in [0.4, 0.5) is 5.82 Å². The van der Waals surface area contributed by atoms with Crippen molar-refractivity contribution in [3.63, 3.8) is 0 Å². The van der Waals surface area contributed by atoms with Crippen LogP contribution >= 0.6 is 0 Å². The fraction of sp³-hybridized carbons (Fsp3) is 0.458. The Morgan fingerprint density at radius 1 is 1.13 bits per heavy atom. The highest BCUT2D eigenvalue weighted by Crippen LogP contribution is 2.18. The van der Waals surface area contributed by atoms with Crippen molar-refractivity contribution in [2.45, 2.75) is 32.7 Å². The Morgan fingerprint density at radius 3 is 2.68 bits per heavy atom. The van der Waals surface area contributed by atoms with E-state index in [1.54, 1.807) is 19.0 Å². The van der Waals surface area contributed by atoms with Gasteiger partial charge < -0.3 is 20.4 Å². The minimum Gasteiger partial charge on any atom is -0.357 e. The Labute approximate surface area is 185 Å². The van der Waals surface area contributed by atoms with Gasteiger partial charge in [-0.2, -0.15) is 0 Å². The number of nitrogens with one attached hydrogen (secondary N) is 2. The van der Waals surface area contributed by atoms with Gasteiger partial charge in [0.15, 0.2) is 5.96 Å². The van der Waals surface area contributed by atoms with Crippen LogP contribution in [0.15, 0.2) is 47.6 Å². The molecule has 1 aliphatic heterocycles. The summed E-state index contributed by atoms with van der Waals surface area (Å²) in [5, 5.41) is 6.70. The summed E-state index contributed by atoms with van der Waals surface area (Å²) in [6, 6.07) is 12.0. The summed E-state index contributed by atoms with van der Waals surface area (Å²) in [6.07, 6.45) is 5.17. The summed E-state index contributed by atoms with van der Waals surface area (Å²) in [4.78, 5) is 25.4. The number of aromatic nitrogens is 1. The molecule has 166 valence electrons. The van der Waals surface area contributed by atoms with Crippen LogP contribution in [0.2, 0.25) is 0 Å². The molecule has 7 nitrogen and oxygen atoms in total. The number of aliphatic imine (C=N–C) groups is 1. The molecule has 1 aromatic heterocycles. The zero-order chi connectivity index (χ0) is 22.1. The van der Waals surface area contributed by atoms with Crippen LogP contribution in [-0.4, -0.2) is 62.0 Å². The van der Waals surface area contributed by atoms with E-state index in [1.165, 1.54) is 12.8 Å². The third kappa shape index (κ3) is 6.70. The first-order valence-electron chi connectivity index (χ1n) is 11.1. The Hall–Kier alpha value is -3.09. The lowest BCUT2D eigenvalue weighted by Gasteiger charge is -2.16. The average Bonchev–Trinajstić information content (AvgIpc) is 3.32. The molecule has 0 atom stereocenters. The van der Waals surface area contributed by atoms with Gasteiger partial charge in [-0.15, -0.1) is 0 Å². The van der Waals surface area contributed by atoms with Gasteiger partial charge in [0.2, 0.25) is 0 Å². The monoisotopic (exact) mass is 422 g/mol. The molecular weight excluding hydrogens is 388 g/mol. The quantitative estimate of drug-likeness (QED) is 0.506. The molecule has 0 radical (unpaired) electrons. The summed E-state index contributed by atoms with van der Waals surface area (Å²) in [5.41, 5.74) is 3.00. The molecule has 1 aliphatic rings. The lowest BCUT2D eigenvalue weighted by Crippen LogP contribution is -2.38. The van der Waals surface area contributed by atoms with Gasteiger partial charge in [0.25, 0.3) is 5.91 Å². The summed E-state index contributed by atoms with van der Waals surface area (Å²) >= 11 is 0. The summed E-state index contributed by atoms with van der Waals surface area (Å²) in [7, 11) is 3.54. The van der Waals surface area contributed by atoms with Crippen LogP contribution in [0, 0.1) is 0 Å². The van der Waals surface area contributed by atoms with E-state index in [0.29, 0.717) is 6.54 Å². The van der Waals surface area contributed by atoms with E-state index in [-0.39, 0.29) is 5.91 Å². The normalized spacial score (nSPS) is 13.9. The highest BCUT2D eigenvalue weighted by molar-refractivity contribution is 5.94. The van der Waals surface area contributed by atoms with Crippen molar-refractivity contribution < 1.29 is 4.79 Å². The fourth-order valence-electron chi connectivity index (χ4n) is 3.63. The number of nitrogens with zero attached hydrogens (tertiary/aromatic N) is 4. The van der Waals surface area contributed by atoms with Gasteiger partial charge >= 0.3 is 0 Å². The molecule has 2 N–H and O–H groups in total. The number of guanidine groups is 1. The number of carbonyl (C=O) groups is 1. The van der Waals surface area contributed by atoms with Crippen molar-refractivity contribution in [3.8, 4) is 0 Å². The van der Waals surface area contributed by atoms with Crippen molar-refractivity contribution >= 4 is 17.7 Å². The standard InChI is InChI=1S/C24H34N6O/c1-4-25-24(27-13-10-19-8-7-9-21(16-19)23(31)29(2)3)28-18-20-11-12-26-22(17-20)30-14-5-6-15-30/h7-9,11-12,16-17H,4-6,10,13-15,18H2,1-3H3,(H2,25,27,28). The predicted molar refractivity (Wildman–Crippen MR) is 127 cm³/mol. The number of rotatable bonds is 8. The predicted octanol–water partition coefficient (Wildman–Crippen LogP) is 2.68. The van der Waals surface area contributed by atoms with Crippen LogP contribution in [0.5, 0.6) is 0 Å². The summed E-state index contributed by atoms with van der Waals surface area (Å²) < 4.78 is 0. The number of carbonyl (C=O) groups excluding carboxylic acids is 1. The van der Waals surface area contributed by atoms with Gasteiger partial charge in [-0.25, -0.2) is 9.98 Å². The Bertz CT molecular complexity index is 889. The SMILES string of the molecule is CCNC(=NCc1ccnc(N2CCCC2)c1)NCCc1cccc(C(=O)N(C)C)c1. The van der Waals surface area contributed by atoms with Gasteiger partial charge in [0.1, 0.15) is 5.82 Å². The van der Waals surface area contributed by atoms with Crippen LogP contribution in [0.25, 0.3) is 0 Å². The molecule has 1 saturated heterocycles. The second-order valence-electron chi connectivity index (χ2n) is 7.99. The van der Waals surface area contributed by atoms with Crippen molar-refractivity contribution in [3.05, 3.63) is 59.3 Å². The molecule has 0 aliphatic carbocycles. The first kappa shape index (κ1) is 22.6. The van der Waals surface area contributed by atoms with Gasteiger partial charge in [-0.1, -0.05) is 12.1 Å². The van der Waals surface area contributed by atoms with Crippen molar-refractivity contribution in [1.29, 1.82) is 0 Å². The van der Waals surface area contributed by atoms with Crippen LogP contribution in [-0.2, 0) is 13.0 Å². The molecule has 7 heteroatoms. The molecule has 1 fully saturated rings. The minimum atomic E-state index is 0.0235. The number of benzene rings is 1. The molecule has 3 rings (SSSR count). The highest BCUT2D eigenvalue weighted by atomic mass is 16.2. The first-order valence-corrected chi connectivity index (χ1v) is 11.1. The Morgan fingerprint density at radius 2 is 1.94 bits per heavy atom. The summed E-state index contributed by atoms with van der Waals surface area (Å²) in [6.45, 7) is 6.38. The molecule has 0 bridgehead atoms. The lowest BCUT2D eigenvalue weighted by molar-refractivity contribution is 0.0827. The third-order valence-electron chi connectivity index (χ3n) is 5.29. The van der Waals surface area contributed by atoms with Crippen LogP contribution < -0.4 is 15.5 Å². The molecule has 0 saturated carbocycles. The number of pyridine rings is 1. The minimum absolute atomic E-state index is 0.0235. The lowest BCUT2D eigenvalue weighted by atomic mass is 10.1. The second kappa shape index (κ2) is 11.3. The molecular formula is C24H34N6O. The van der Waals surface area contributed by atoms with E-state index in [9.17, 15) is 4.79 Å². The van der Waals surface area contributed by atoms with Crippen molar-refractivity contribution in [1.82, 2.24) is 20.5 Å². The van der Waals surface area contributed by atoms with E-state index in [1.807, 2.05) is 30.5 Å². The van der Waals surface area contributed by atoms with E-state index in [2.05, 4.69) is 39.6 Å². The zero-order valence-corrected chi connectivity index (χ0v) is 18.9. The number of hydrogen-bond acceptors (Lipinski definition) is 4. The average molecular weight is 423 g/mol. The molecule has 1 amide bonds. The van der Waals surface area contributed by atoms with Crippen molar-refractivity contribution in [2.75, 3.05) is 45.2 Å². The molecule has 0 spiro atoms. The van der Waals surface area contributed by atoms with Gasteiger partial charge in [0, 0.05) is 52.0 Å². The number of amides is 1. The Kier molecular flexibility index (Phi) is 8.27. The first-order chi connectivity index (χ1) is 15.1. The molecule has 2 heterocycles. The molecule has 31 heavy (non-hydrogen) atoms. The number of anilines is 1. The molecule has 2 aromatic rings. The summed E-state index contributed by atoms with van der Waals surface area (Å²) in [5.74, 6) is 1.87. The Balaban J connectivity index is 1.56. The fourth-order valence-corrected chi connectivity index (χ4v) is 3.63. The van der Waals surface area contributed by atoms with E-state index >= 15 is 0 Å². The second-order valence-corrected chi connectivity index (χ2v) is 7.99. The molecule has 0 unspecified atom stereocenters. The smallest absolute Gasteiger partial charge is 0.253 e. The maximum atomic E-state index is 12.2.